The van der Waals surface area contributed by atoms with Crippen LogP contribution in [0.4, 0.5) is 5.69 Å². The molecule has 0 bridgehead atoms. The van der Waals surface area contributed by atoms with Crippen molar-refractivity contribution in [2.75, 3.05) is 10.8 Å². The first-order valence-corrected chi connectivity index (χ1v) is 16.6. The smallest absolute Gasteiger partial charge is 0.264 e. The van der Waals surface area contributed by atoms with E-state index in [0.717, 1.165) is 26.6 Å². The molecule has 0 aromatic heterocycles. The van der Waals surface area contributed by atoms with Gasteiger partial charge in [0.1, 0.15) is 12.6 Å². The number of nitrogens with zero attached hydrogens (tertiary/aromatic N) is 2. The van der Waals surface area contributed by atoms with Crippen molar-refractivity contribution in [2.24, 2.45) is 0 Å². The summed E-state index contributed by atoms with van der Waals surface area (Å²) >= 11 is 6.55. The lowest BCUT2D eigenvalue weighted by molar-refractivity contribution is -0.140. The number of sulfonamides is 1. The Morgan fingerprint density at radius 2 is 1.42 bits per heavy atom. The van der Waals surface area contributed by atoms with E-state index in [1.165, 1.54) is 17.0 Å². The van der Waals surface area contributed by atoms with Gasteiger partial charge in [0.2, 0.25) is 11.8 Å². The van der Waals surface area contributed by atoms with E-state index in [-0.39, 0.29) is 34.5 Å². The Morgan fingerprint density at radius 3 is 2.04 bits per heavy atom. The number of carbonyl (C=O) groups is 2. The van der Waals surface area contributed by atoms with Crippen LogP contribution >= 0.6 is 11.6 Å². The quantitative estimate of drug-likeness (QED) is 0.197. The van der Waals surface area contributed by atoms with Crippen molar-refractivity contribution >= 4 is 39.1 Å². The Hall–Kier alpha value is -4.14. The third kappa shape index (κ3) is 8.74. The van der Waals surface area contributed by atoms with Crippen LogP contribution in [0.25, 0.3) is 0 Å². The second kappa shape index (κ2) is 14.3. The molecule has 236 valence electrons. The predicted molar refractivity (Wildman–Crippen MR) is 181 cm³/mol. The lowest BCUT2D eigenvalue weighted by atomic mass is 10.00. The minimum Gasteiger partial charge on any atom is -0.350 e. The zero-order chi connectivity index (χ0) is 32.8. The summed E-state index contributed by atoms with van der Waals surface area (Å²) in [5.41, 5.74) is 3.15. The number of amides is 2. The Morgan fingerprint density at radius 1 is 0.822 bits per heavy atom. The van der Waals surface area contributed by atoms with E-state index in [1.54, 1.807) is 36.4 Å². The normalized spacial score (nSPS) is 12.3. The van der Waals surface area contributed by atoms with Gasteiger partial charge in [-0.05, 0) is 75.6 Å². The highest BCUT2D eigenvalue weighted by molar-refractivity contribution is 7.92. The summed E-state index contributed by atoms with van der Waals surface area (Å²) in [5, 5.41) is 3.22. The fraction of sp³-hybridized carbons (Fsp3) is 0.278. The van der Waals surface area contributed by atoms with Gasteiger partial charge in [0.05, 0.1) is 15.6 Å². The van der Waals surface area contributed by atoms with Gasteiger partial charge >= 0.3 is 0 Å². The number of hydrogen-bond donors (Lipinski definition) is 1. The molecular weight excluding hydrogens is 606 g/mol. The first kappa shape index (κ1) is 33.7. The van der Waals surface area contributed by atoms with Crippen molar-refractivity contribution in [1.29, 1.82) is 0 Å². The molecule has 4 aromatic rings. The van der Waals surface area contributed by atoms with Crippen LogP contribution in [0.3, 0.4) is 0 Å². The first-order valence-electron chi connectivity index (χ1n) is 14.8. The molecule has 0 fully saturated rings. The molecule has 4 rings (SSSR count). The van der Waals surface area contributed by atoms with Crippen molar-refractivity contribution in [3.63, 3.8) is 0 Å². The number of carbonyl (C=O) groups excluding carboxylic acids is 2. The molecule has 0 aliphatic carbocycles. The van der Waals surface area contributed by atoms with E-state index in [1.807, 2.05) is 89.2 Å². The van der Waals surface area contributed by atoms with Crippen LogP contribution in [0, 0.1) is 13.8 Å². The van der Waals surface area contributed by atoms with Gasteiger partial charge in [-0.2, -0.15) is 0 Å². The van der Waals surface area contributed by atoms with Gasteiger partial charge in [-0.25, -0.2) is 8.42 Å². The van der Waals surface area contributed by atoms with Gasteiger partial charge in [-0.15, -0.1) is 0 Å². The highest BCUT2D eigenvalue weighted by atomic mass is 35.5. The monoisotopic (exact) mass is 645 g/mol. The van der Waals surface area contributed by atoms with Crippen LogP contribution in [0.2, 0.25) is 5.02 Å². The number of hydrogen-bond acceptors (Lipinski definition) is 4. The standard InChI is InChI=1S/C36H40ClN3O4S/c1-26-19-21-30(22-20-26)45(43,44)40(32-18-12-11-17-31(32)37)25-34(41)39(24-29-16-10-9-13-27(29)2)33(35(42)38-36(3,4)5)23-28-14-7-6-8-15-28/h6-22,33H,23-25H2,1-5H3,(H,38,42). The summed E-state index contributed by atoms with van der Waals surface area (Å²) < 4.78 is 29.4. The molecule has 45 heavy (non-hydrogen) atoms. The maximum Gasteiger partial charge on any atom is 0.264 e. The zero-order valence-corrected chi connectivity index (χ0v) is 27.9. The lowest BCUT2D eigenvalue weighted by Gasteiger charge is -2.35. The van der Waals surface area contributed by atoms with Gasteiger partial charge < -0.3 is 10.2 Å². The average molecular weight is 646 g/mol. The third-order valence-electron chi connectivity index (χ3n) is 7.38. The summed E-state index contributed by atoms with van der Waals surface area (Å²) in [7, 11) is -4.24. The molecule has 1 unspecified atom stereocenters. The molecule has 1 N–H and O–H groups in total. The minimum atomic E-state index is -4.24. The third-order valence-corrected chi connectivity index (χ3v) is 9.47. The Bertz CT molecular complexity index is 1740. The van der Waals surface area contributed by atoms with Crippen molar-refractivity contribution in [3.05, 3.63) is 130 Å². The van der Waals surface area contributed by atoms with Gasteiger partial charge in [0.25, 0.3) is 10.0 Å². The van der Waals surface area contributed by atoms with Gasteiger partial charge in [0.15, 0.2) is 0 Å². The summed E-state index contributed by atoms with van der Waals surface area (Å²) in [6, 6.07) is 29.1. The number of para-hydroxylation sites is 1. The number of aryl methyl sites for hydroxylation is 2. The van der Waals surface area contributed by atoms with Crippen LogP contribution in [-0.2, 0) is 32.6 Å². The summed E-state index contributed by atoms with van der Waals surface area (Å²) in [4.78, 5) is 30.1. The van der Waals surface area contributed by atoms with E-state index in [0.29, 0.717) is 0 Å². The molecule has 0 spiro atoms. The highest BCUT2D eigenvalue weighted by Gasteiger charge is 2.36. The molecule has 1 atom stereocenters. The molecule has 9 heteroatoms. The number of benzene rings is 4. The summed E-state index contributed by atoms with van der Waals surface area (Å²) in [6.07, 6.45) is 0.233. The van der Waals surface area contributed by atoms with E-state index >= 15 is 0 Å². The number of anilines is 1. The van der Waals surface area contributed by atoms with Crippen molar-refractivity contribution in [1.82, 2.24) is 10.2 Å². The van der Waals surface area contributed by atoms with E-state index in [4.69, 9.17) is 11.6 Å². The van der Waals surface area contributed by atoms with E-state index in [2.05, 4.69) is 5.32 Å². The van der Waals surface area contributed by atoms with Crippen LogP contribution < -0.4 is 9.62 Å². The fourth-order valence-electron chi connectivity index (χ4n) is 4.98. The molecule has 0 heterocycles. The maximum absolute atomic E-state index is 14.6. The van der Waals surface area contributed by atoms with Gasteiger partial charge in [-0.1, -0.05) is 96.0 Å². The van der Waals surface area contributed by atoms with Crippen LogP contribution in [0.15, 0.2) is 108 Å². The minimum absolute atomic E-state index is 0.0255. The van der Waals surface area contributed by atoms with Crippen LogP contribution in [-0.4, -0.2) is 43.3 Å². The SMILES string of the molecule is Cc1ccc(S(=O)(=O)N(CC(=O)N(Cc2ccccc2C)C(Cc2ccccc2)C(=O)NC(C)(C)C)c2ccccc2Cl)cc1. The van der Waals surface area contributed by atoms with E-state index < -0.39 is 34.1 Å². The van der Waals surface area contributed by atoms with Crippen molar-refractivity contribution < 1.29 is 18.0 Å². The summed E-state index contributed by atoms with van der Waals surface area (Å²) in [5.74, 6) is -0.877. The predicted octanol–water partition coefficient (Wildman–Crippen LogP) is 6.71. The average Bonchev–Trinajstić information content (AvgIpc) is 2.98. The molecule has 0 saturated carbocycles. The highest BCUT2D eigenvalue weighted by Crippen LogP contribution is 2.31. The fourth-order valence-corrected chi connectivity index (χ4v) is 6.70. The van der Waals surface area contributed by atoms with Crippen LogP contribution in [0.5, 0.6) is 0 Å². The molecule has 0 aliphatic rings. The molecule has 0 aliphatic heterocycles. The summed E-state index contributed by atoms with van der Waals surface area (Å²) in [6.45, 7) is 8.98. The van der Waals surface area contributed by atoms with E-state index in [9.17, 15) is 18.0 Å². The van der Waals surface area contributed by atoms with Crippen molar-refractivity contribution in [2.45, 2.75) is 64.1 Å². The van der Waals surface area contributed by atoms with Gasteiger partial charge in [0, 0.05) is 18.5 Å². The van der Waals surface area contributed by atoms with Crippen LogP contribution in [0.1, 0.15) is 43.0 Å². The topological polar surface area (TPSA) is 86.8 Å². The lowest BCUT2D eigenvalue weighted by Crippen LogP contribution is -2.56. The molecule has 2 amide bonds. The molecule has 4 aromatic carbocycles. The molecule has 0 radical (unpaired) electrons. The largest absolute Gasteiger partial charge is 0.350 e. The second-order valence-electron chi connectivity index (χ2n) is 12.2. The first-order chi connectivity index (χ1) is 21.3. The number of nitrogens with one attached hydrogen (secondary N) is 1. The Balaban J connectivity index is 1.84. The van der Waals surface area contributed by atoms with Gasteiger partial charge in [-0.3, -0.25) is 13.9 Å². The molecule has 0 saturated heterocycles. The molecular formula is C36H40ClN3O4S. The Kier molecular flexibility index (Phi) is 10.7. The number of halogens is 1. The Labute approximate surface area is 271 Å². The molecule has 7 nitrogen and oxygen atoms in total. The zero-order valence-electron chi connectivity index (χ0n) is 26.3. The van der Waals surface area contributed by atoms with Crippen molar-refractivity contribution in [3.8, 4) is 0 Å². The number of rotatable bonds is 11. The maximum atomic E-state index is 14.6. The second-order valence-corrected chi connectivity index (χ2v) is 14.4.